The highest BCUT2D eigenvalue weighted by atomic mass is 19.3. The van der Waals surface area contributed by atoms with E-state index in [1.165, 1.54) is 0 Å². The minimum atomic E-state index is -4.01. The summed E-state index contributed by atoms with van der Waals surface area (Å²) in [5, 5.41) is 0. The van der Waals surface area contributed by atoms with Gasteiger partial charge in [0.1, 0.15) is 0 Å². The van der Waals surface area contributed by atoms with Crippen LogP contribution in [0.4, 0.5) is 17.6 Å². The third-order valence-electron chi connectivity index (χ3n) is 0.832. The standard InChI is InChI=1S/C4H2F4O/c5-2-1-3(6)9-4(2,7)8/h1-2H. The van der Waals surface area contributed by atoms with Gasteiger partial charge in [-0.2, -0.15) is 13.2 Å². The highest BCUT2D eigenvalue weighted by Gasteiger charge is 2.48. The number of halogens is 4. The van der Waals surface area contributed by atoms with Crippen LogP contribution in [0.15, 0.2) is 12.1 Å². The van der Waals surface area contributed by atoms with E-state index in [-0.39, 0.29) is 6.08 Å². The van der Waals surface area contributed by atoms with Gasteiger partial charge in [0.2, 0.25) is 6.17 Å². The van der Waals surface area contributed by atoms with Crippen LogP contribution in [0.2, 0.25) is 0 Å². The Bertz CT molecular complexity index is 153. The summed E-state index contributed by atoms with van der Waals surface area (Å²) in [5.41, 5.74) is 0. The first-order valence-corrected chi connectivity index (χ1v) is 2.10. The summed E-state index contributed by atoms with van der Waals surface area (Å²) in [6.07, 6.45) is -6.58. The molecule has 0 radical (unpaired) electrons. The van der Waals surface area contributed by atoms with Crippen molar-refractivity contribution in [3.8, 4) is 0 Å². The van der Waals surface area contributed by atoms with Crippen LogP contribution < -0.4 is 0 Å². The monoisotopic (exact) mass is 142 g/mol. The first-order chi connectivity index (χ1) is 4.02. The van der Waals surface area contributed by atoms with Crippen LogP contribution in [-0.2, 0) is 4.74 Å². The average Bonchev–Trinajstić information content (AvgIpc) is 1.79. The van der Waals surface area contributed by atoms with Gasteiger partial charge in [-0.3, -0.25) is 0 Å². The lowest BCUT2D eigenvalue weighted by atomic mass is 10.4. The zero-order chi connectivity index (χ0) is 7.07. The highest BCUT2D eigenvalue weighted by Crippen LogP contribution is 2.33. The van der Waals surface area contributed by atoms with Crippen molar-refractivity contribution in [1.82, 2.24) is 0 Å². The van der Waals surface area contributed by atoms with E-state index >= 15 is 0 Å². The second kappa shape index (κ2) is 1.62. The maximum absolute atomic E-state index is 11.8. The smallest absolute Gasteiger partial charge is 0.404 e. The van der Waals surface area contributed by atoms with E-state index in [2.05, 4.69) is 4.74 Å². The first-order valence-electron chi connectivity index (χ1n) is 2.10. The molecule has 5 heteroatoms. The molecule has 0 saturated carbocycles. The zero-order valence-electron chi connectivity index (χ0n) is 4.07. The van der Waals surface area contributed by atoms with Crippen LogP contribution in [0.5, 0.6) is 0 Å². The molecule has 0 amide bonds. The van der Waals surface area contributed by atoms with Gasteiger partial charge in [0.25, 0.3) is 6.01 Å². The maximum atomic E-state index is 11.8. The molecule has 52 valence electrons. The van der Waals surface area contributed by atoms with Crippen molar-refractivity contribution in [3.05, 3.63) is 12.1 Å². The van der Waals surface area contributed by atoms with Gasteiger partial charge in [0.05, 0.1) is 0 Å². The molecule has 0 bridgehead atoms. The van der Waals surface area contributed by atoms with Crippen LogP contribution in [-0.4, -0.2) is 12.3 Å². The zero-order valence-corrected chi connectivity index (χ0v) is 4.07. The Morgan fingerprint density at radius 1 is 1.56 bits per heavy atom. The fraction of sp³-hybridized carbons (Fsp3) is 0.500. The van der Waals surface area contributed by atoms with Crippen molar-refractivity contribution in [2.45, 2.75) is 12.3 Å². The van der Waals surface area contributed by atoms with Gasteiger partial charge in [-0.25, -0.2) is 4.39 Å². The third kappa shape index (κ3) is 0.988. The molecule has 0 saturated heterocycles. The third-order valence-corrected chi connectivity index (χ3v) is 0.832. The Kier molecular flexibility index (Phi) is 1.15. The van der Waals surface area contributed by atoms with E-state index in [0.29, 0.717) is 0 Å². The summed E-state index contributed by atoms with van der Waals surface area (Å²) < 4.78 is 49.9. The van der Waals surface area contributed by atoms with Crippen LogP contribution >= 0.6 is 0 Å². The van der Waals surface area contributed by atoms with Gasteiger partial charge in [0.15, 0.2) is 0 Å². The molecular formula is C4H2F4O. The lowest BCUT2D eigenvalue weighted by molar-refractivity contribution is -0.234. The van der Waals surface area contributed by atoms with Crippen LogP contribution in [0.3, 0.4) is 0 Å². The summed E-state index contributed by atoms with van der Waals surface area (Å²) >= 11 is 0. The van der Waals surface area contributed by atoms with Crippen LogP contribution in [0.25, 0.3) is 0 Å². The SMILES string of the molecule is FC1=CC(F)C(F)(F)O1. The van der Waals surface area contributed by atoms with Gasteiger partial charge in [-0.1, -0.05) is 0 Å². The number of hydrogen-bond acceptors (Lipinski definition) is 1. The Balaban J connectivity index is 2.71. The minimum absolute atomic E-state index is 0.0833. The van der Waals surface area contributed by atoms with Crippen molar-refractivity contribution in [2.75, 3.05) is 0 Å². The summed E-state index contributed by atoms with van der Waals surface area (Å²) in [6.45, 7) is 0. The van der Waals surface area contributed by atoms with Crippen molar-refractivity contribution in [2.24, 2.45) is 0 Å². The lowest BCUT2D eigenvalue weighted by Gasteiger charge is -2.09. The van der Waals surface area contributed by atoms with Crippen molar-refractivity contribution < 1.29 is 22.3 Å². The molecule has 1 atom stereocenters. The second-order valence-corrected chi connectivity index (χ2v) is 1.54. The molecule has 0 N–H and O–H groups in total. The molecule has 1 rings (SSSR count). The summed E-state index contributed by atoms with van der Waals surface area (Å²) in [4.78, 5) is 0. The van der Waals surface area contributed by atoms with Crippen LogP contribution in [0, 0.1) is 0 Å². The fourth-order valence-electron chi connectivity index (χ4n) is 0.432. The molecule has 0 aromatic rings. The van der Waals surface area contributed by atoms with Crippen molar-refractivity contribution in [3.63, 3.8) is 0 Å². The first kappa shape index (κ1) is 6.38. The Morgan fingerprint density at radius 3 is 2.22 bits per heavy atom. The molecular weight excluding hydrogens is 140 g/mol. The Labute approximate surface area is 47.9 Å². The summed E-state index contributed by atoms with van der Waals surface area (Å²) in [5.74, 6) is 0. The fourth-order valence-corrected chi connectivity index (χ4v) is 0.432. The average molecular weight is 142 g/mol. The van der Waals surface area contributed by atoms with E-state index < -0.39 is 18.3 Å². The van der Waals surface area contributed by atoms with Gasteiger partial charge < -0.3 is 4.74 Å². The van der Waals surface area contributed by atoms with Gasteiger partial charge >= 0.3 is 6.11 Å². The number of rotatable bonds is 0. The largest absolute Gasteiger partial charge is 0.435 e. The van der Waals surface area contributed by atoms with Gasteiger partial charge in [-0.15, -0.1) is 0 Å². The van der Waals surface area contributed by atoms with E-state index in [4.69, 9.17) is 0 Å². The lowest BCUT2D eigenvalue weighted by Crippen LogP contribution is -2.25. The molecule has 0 aromatic heterocycles. The normalized spacial score (nSPS) is 31.6. The molecule has 0 aliphatic carbocycles. The molecule has 0 fully saturated rings. The Morgan fingerprint density at radius 2 is 2.11 bits per heavy atom. The van der Waals surface area contributed by atoms with E-state index in [0.717, 1.165) is 0 Å². The predicted octanol–water partition coefficient (Wildman–Crippen LogP) is 1.76. The highest BCUT2D eigenvalue weighted by molar-refractivity contribution is 5.01. The maximum Gasteiger partial charge on any atom is 0.435 e. The molecule has 0 aromatic carbocycles. The summed E-state index contributed by atoms with van der Waals surface area (Å²) in [7, 11) is 0. The molecule has 9 heavy (non-hydrogen) atoms. The molecule has 1 nitrogen and oxygen atoms in total. The quantitative estimate of drug-likeness (QED) is 0.468. The van der Waals surface area contributed by atoms with Crippen molar-refractivity contribution >= 4 is 0 Å². The van der Waals surface area contributed by atoms with E-state index in [9.17, 15) is 17.6 Å². The number of ether oxygens (including phenoxy) is 1. The van der Waals surface area contributed by atoms with Crippen LogP contribution in [0.1, 0.15) is 0 Å². The summed E-state index contributed by atoms with van der Waals surface area (Å²) in [6, 6.07) is -1.56. The topological polar surface area (TPSA) is 9.23 Å². The Hall–Kier alpha value is -0.740. The van der Waals surface area contributed by atoms with Crippen molar-refractivity contribution in [1.29, 1.82) is 0 Å². The molecule has 1 aliphatic rings. The number of alkyl halides is 3. The van der Waals surface area contributed by atoms with Gasteiger partial charge in [0, 0.05) is 6.08 Å². The molecule has 1 aliphatic heterocycles. The van der Waals surface area contributed by atoms with E-state index in [1.54, 1.807) is 0 Å². The molecule has 0 spiro atoms. The second-order valence-electron chi connectivity index (χ2n) is 1.54. The minimum Gasteiger partial charge on any atom is -0.404 e. The molecule has 1 heterocycles. The van der Waals surface area contributed by atoms with E-state index in [1.807, 2.05) is 0 Å². The predicted molar refractivity (Wildman–Crippen MR) is 20.1 cm³/mol. The molecule has 1 unspecified atom stereocenters. The van der Waals surface area contributed by atoms with Gasteiger partial charge in [-0.05, 0) is 0 Å². The number of hydrogen-bond donors (Lipinski definition) is 0.